The normalized spacial score (nSPS) is 11.9. The van der Waals surface area contributed by atoms with Gasteiger partial charge in [-0.1, -0.05) is 29.3 Å². The van der Waals surface area contributed by atoms with Gasteiger partial charge in [-0.05, 0) is 29.3 Å². The first-order chi connectivity index (χ1) is 9.80. The monoisotopic (exact) mass is 365 g/mol. The Morgan fingerprint density at radius 1 is 1.10 bits per heavy atom. The average Bonchev–Trinajstić information content (AvgIpc) is 2.43. The molecule has 0 aliphatic carbocycles. The van der Waals surface area contributed by atoms with Crippen LogP contribution in [0.15, 0.2) is 35.5 Å². The van der Waals surface area contributed by atoms with Gasteiger partial charge in [0.1, 0.15) is 4.90 Å². The predicted molar refractivity (Wildman–Crippen MR) is 82.2 cm³/mol. The van der Waals surface area contributed by atoms with Crippen molar-refractivity contribution in [3.63, 3.8) is 0 Å². The Morgan fingerprint density at radius 3 is 2.29 bits per heavy atom. The standard InChI is InChI=1S/C12H10Cl3N3O2S/c1-18(7-8-2-3-10(13)11(14)4-8)21(19,20)9-5-16-12(15)17-6-9/h2-6H,7H2,1H3. The van der Waals surface area contributed by atoms with Crippen LogP contribution in [0.4, 0.5) is 0 Å². The number of aromatic nitrogens is 2. The lowest BCUT2D eigenvalue weighted by Crippen LogP contribution is -2.26. The fraction of sp³-hybridized carbons (Fsp3) is 0.167. The first-order valence-corrected chi connectivity index (χ1v) is 8.26. The van der Waals surface area contributed by atoms with Gasteiger partial charge in [0.25, 0.3) is 0 Å². The van der Waals surface area contributed by atoms with Gasteiger partial charge in [-0.25, -0.2) is 18.4 Å². The van der Waals surface area contributed by atoms with Gasteiger partial charge in [-0.15, -0.1) is 0 Å². The summed E-state index contributed by atoms with van der Waals surface area (Å²) < 4.78 is 25.9. The van der Waals surface area contributed by atoms with E-state index in [1.54, 1.807) is 18.2 Å². The highest BCUT2D eigenvalue weighted by Gasteiger charge is 2.22. The molecule has 0 atom stereocenters. The molecule has 0 radical (unpaired) electrons. The third-order valence-corrected chi connectivity index (χ3v) is 5.38. The molecule has 1 aromatic carbocycles. The summed E-state index contributed by atoms with van der Waals surface area (Å²) in [5.41, 5.74) is 0.713. The Kier molecular flexibility index (Phi) is 5.06. The number of sulfonamides is 1. The topological polar surface area (TPSA) is 63.2 Å². The minimum atomic E-state index is -3.70. The van der Waals surface area contributed by atoms with Crippen LogP contribution in [0.5, 0.6) is 0 Å². The van der Waals surface area contributed by atoms with Crippen LogP contribution < -0.4 is 0 Å². The summed E-state index contributed by atoms with van der Waals surface area (Å²) in [6.07, 6.45) is 2.33. The van der Waals surface area contributed by atoms with Crippen LogP contribution >= 0.6 is 34.8 Å². The van der Waals surface area contributed by atoms with E-state index in [1.807, 2.05) is 0 Å². The molecule has 1 aromatic heterocycles. The Hall–Kier alpha value is -0.920. The molecule has 1 heterocycles. The summed E-state index contributed by atoms with van der Waals surface area (Å²) in [5, 5.41) is 0.771. The lowest BCUT2D eigenvalue weighted by Gasteiger charge is -2.17. The van der Waals surface area contributed by atoms with Gasteiger partial charge in [-0.3, -0.25) is 0 Å². The van der Waals surface area contributed by atoms with Gasteiger partial charge in [0, 0.05) is 13.6 Å². The van der Waals surface area contributed by atoms with Crippen molar-refractivity contribution in [1.82, 2.24) is 14.3 Å². The van der Waals surface area contributed by atoms with E-state index in [4.69, 9.17) is 34.8 Å². The van der Waals surface area contributed by atoms with Crippen molar-refractivity contribution in [3.05, 3.63) is 51.5 Å². The number of nitrogens with zero attached hydrogens (tertiary/aromatic N) is 3. The lowest BCUT2D eigenvalue weighted by molar-refractivity contribution is 0.466. The third kappa shape index (κ3) is 3.84. The molecule has 2 rings (SSSR count). The molecule has 0 unspecified atom stereocenters. The van der Waals surface area contributed by atoms with Crippen LogP contribution in [0.2, 0.25) is 15.3 Å². The molecule has 0 amide bonds. The molecule has 0 N–H and O–H groups in total. The van der Waals surface area contributed by atoms with Crippen LogP contribution in [0.25, 0.3) is 0 Å². The Labute approximate surface area is 137 Å². The zero-order chi connectivity index (χ0) is 15.6. The highest BCUT2D eigenvalue weighted by atomic mass is 35.5. The molecule has 0 aliphatic heterocycles. The Balaban J connectivity index is 2.24. The quantitative estimate of drug-likeness (QED) is 0.779. The SMILES string of the molecule is CN(Cc1ccc(Cl)c(Cl)c1)S(=O)(=O)c1cnc(Cl)nc1. The summed E-state index contributed by atoms with van der Waals surface area (Å²) in [4.78, 5) is 7.31. The molecule has 21 heavy (non-hydrogen) atoms. The zero-order valence-corrected chi connectivity index (χ0v) is 13.9. The van der Waals surface area contributed by atoms with Crippen LogP contribution in [0, 0.1) is 0 Å². The van der Waals surface area contributed by atoms with Gasteiger partial charge in [-0.2, -0.15) is 4.31 Å². The molecule has 0 spiro atoms. The number of benzene rings is 1. The van der Waals surface area contributed by atoms with Crippen molar-refractivity contribution < 1.29 is 8.42 Å². The van der Waals surface area contributed by atoms with E-state index in [-0.39, 0.29) is 16.7 Å². The lowest BCUT2D eigenvalue weighted by atomic mass is 10.2. The molecule has 0 fully saturated rings. The maximum absolute atomic E-state index is 12.3. The second-order valence-electron chi connectivity index (χ2n) is 4.20. The molecule has 0 saturated carbocycles. The molecule has 2 aromatic rings. The number of rotatable bonds is 4. The zero-order valence-electron chi connectivity index (χ0n) is 10.8. The summed E-state index contributed by atoms with van der Waals surface area (Å²) in [6.45, 7) is 0.141. The highest BCUT2D eigenvalue weighted by Crippen LogP contribution is 2.24. The average molecular weight is 367 g/mol. The molecule has 5 nitrogen and oxygen atoms in total. The van der Waals surface area contributed by atoms with Gasteiger partial charge < -0.3 is 0 Å². The first-order valence-electron chi connectivity index (χ1n) is 5.68. The maximum atomic E-state index is 12.3. The molecule has 0 aliphatic rings. The van der Waals surface area contributed by atoms with Crippen molar-refractivity contribution in [3.8, 4) is 0 Å². The number of hydrogen-bond acceptors (Lipinski definition) is 4. The summed E-state index contributed by atoms with van der Waals surface area (Å²) in [5.74, 6) is 0. The van der Waals surface area contributed by atoms with E-state index < -0.39 is 10.0 Å². The van der Waals surface area contributed by atoms with Crippen molar-refractivity contribution in [2.24, 2.45) is 0 Å². The van der Waals surface area contributed by atoms with Crippen molar-refractivity contribution >= 4 is 44.8 Å². The summed E-state index contributed by atoms with van der Waals surface area (Å²) in [7, 11) is -2.25. The smallest absolute Gasteiger partial charge is 0.225 e. The highest BCUT2D eigenvalue weighted by molar-refractivity contribution is 7.89. The third-order valence-electron chi connectivity index (χ3n) is 2.69. The first kappa shape index (κ1) is 16.5. The fourth-order valence-electron chi connectivity index (χ4n) is 1.59. The molecule has 9 heteroatoms. The van der Waals surface area contributed by atoms with E-state index in [0.717, 1.165) is 12.4 Å². The van der Waals surface area contributed by atoms with Crippen LogP contribution in [0.1, 0.15) is 5.56 Å². The van der Waals surface area contributed by atoms with E-state index >= 15 is 0 Å². The fourth-order valence-corrected chi connectivity index (χ4v) is 3.06. The largest absolute Gasteiger partial charge is 0.246 e. The van der Waals surface area contributed by atoms with E-state index in [2.05, 4.69) is 9.97 Å². The minimum absolute atomic E-state index is 0.0129. The second-order valence-corrected chi connectivity index (χ2v) is 7.39. The second kappa shape index (κ2) is 6.46. The summed E-state index contributed by atoms with van der Waals surface area (Å²) >= 11 is 17.3. The van der Waals surface area contributed by atoms with Gasteiger partial charge in [0.2, 0.25) is 15.3 Å². The molecule has 0 bridgehead atoms. The molecular formula is C12H10Cl3N3O2S. The Morgan fingerprint density at radius 2 is 1.71 bits per heavy atom. The van der Waals surface area contributed by atoms with Crippen molar-refractivity contribution in [2.75, 3.05) is 7.05 Å². The Bertz CT molecular complexity index is 751. The van der Waals surface area contributed by atoms with Crippen LogP contribution in [-0.2, 0) is 16.6 Å². The maximum Gasteiger partial charge on any atom is 0.246 e. The van der Waals surface area contributed by atoms with Crippen LogP contribution in [0.3, 0.4) is 0 Å². The number of hydrogen-bond donors (Lipinski definition) is 0. The van der Waals surface area contributed by atoms with Gasteiger partial charge >= 0.3 is 0 Å². The molecular weight excluding hydrogens is 357 g/mol. The summed E-state index contributed by atoms with van der Waals surface area (Å²) in [6, 6.07) is 4.94. The van der Waals surface area contributed by atoms with E-state index in [0.29, 0.717) is 15.6 Å². The van der Waals surface area contributed by atoms with E-state index in [9.17, 15) is 8.42 Å². The molecule has 112 valence electrons. The van der Waals surface area contributed by atoms with Crippen molar-refractivity contribution in [1.29, 1.82) is 0 Å². The predicted octanol–water partition coefficient (Wildman–Crippen LogP) is 3.26. The molecule has 0 saturated heterocycles. The van der Waals surface area contributed by atoms with Crippen molar-refractivity contribution in [2.45, 2.75) is 11.4 Å². The van der Waals surface area contributed by atoms with Crippen LogP contribution in [-0.4, -0.2) is 29.7 Å². The minimum Gasteiger partial charge on any atom is -0.225 e. The van der Waals surface area contributed by atoms with Gasteiger partial charge in [0.05, 0.1) is 22.4 Å². The van der Waals surface area contributed by atoms with Gasteiger partial charge in [0.15, 0.2) is 0 Å². The number of halogens is 3. The van der Waals surface area contributed by atoms with E-state index in [1.165, 1.54) is 11.4 Å².